The number of nitrogens with one attached hydrogen (secondary N) is 1. The van der Waals surface area contributed by atoms with Gasteiger partial charge < -0.3 is 15.0 Å². The molecule has 1 saturated heterocycles. The number of amides is 1. The van der Waals surface area contributed by atoms with E-state index < -0.39 is 6.09 Å². The first kappa shape index (κ1) is 16.1. The number of likely N-dealkylation sites (tertiary alicyclic amines) is 1. The summed E-state index contributed by atoms with van der Waals surface area (Å²) in [6, 6.07) is 7.75. The number of carboxylic acid groups (broad SMARTS) is 1. The minimum absolute atomic E-state index is 0.0676. The van der Waals surface area contributed by atoms with Crippen molar-refractivity contribution in [1.29, 1.82) is 5.26 Å². The van der Waals surface area contributed by atoms with Gasteiger partial charge >= 0.3 is 6.09 Å². The number of H-pyrrole nitrogens is 1. The van der Waals surface area contributed by atoms with Crippen LogP contribution in [0.4, 0.5) is 4.79 Å². The van der Waals surface area contributed by atoms with Gasteiger partial charge in [-0.2, -0.15) is 5.26 Å². The summed E-state index contributed by atoms with van der Waals surface area (Å²) in [4.78, 5) is 16.2. The van der Waals surface area contributed by atoms with Crippen LogP contribution < -0.4 is 0 Å². The summed E-state index contributed by atoms with van der Waals surface area (Å²) in [7, 11) is 0. The molecule has 0 radical (unpaired) electrons. The van der Waals surface area contributed by atoms with E-state index in [0.717, 1.165) is 42.3 Å². The molecule has 5 nitrogen and oxygen atoms in total. The van der Waals surface area contributed by atoms with Gasteiger partial charge in [0.25, 0.3) is 0 Å². The van der Waals surface area contributed by atoms with Gasteiger partial charge in [-0.1, -0.05) is 19.1 Å². The highest BCUT2D eigenvalue weighted by Gasteiger charge is 2.24. The van der Waals surface area contributed by atoms with E-state index in [1.54, 1.807) is 0 Å². The van der Waals surface area contributed by atoms with Gasteiger partial charge in [0.2, 0.25) is 0 Å². The molecule has 0 spiro atoms. The van der Waals surface area contributed by atoms with Crippen molar-refractivity contribution in [2.24, 2.45) is 0 Å². The lowest BCUT2D eigenvalue weighted by Gasteiger charge is -2.31. The monoisotopic (exact) mass is 323 g/mol. The maximum absolute atomic E-state index is 11.4. The summed E-state index contributed by atoms with van der Waals surface area (Å²) >= 11 is 0. The summed E-state index contributed by atoms with van der Waals surface area (Å²) in [6.07, 6.45) is 6.86. The molecule has 1 amide bonds. The number of aryl methyl sites for hydroxylation is 1. The summed E-state index contributed by atoms with van der Waals surface area (Å²) in [5.74, 6) is 0. The average molecular weight is 323 g/mol. The highest BCUT2D eigenvalue weighted by atomic mass is 16.4. The van der Waals surface area contributed by atoms with Crippen LogP contribution in [-0.2, 0) is 6.42 Å². The lowest BCUT2D eigenvalue weighted by Crippen LogP contribution is -2.41. The standard InChI is InChI=1S/C19H21N3O2/c1-2-15-16-8-6-13(12-20)11-18(16)21-17(15)9-7-14-5-3-4-10-22(14)19(23)24/h6-9,11,14,21H,2-5,10H2,1H3,(H,23,24)/t14-/m0/s1. The zero-order valence-electron chi connectivity index (χ0n) is 13.7. The van der Waals surface area contributed by atoms with Crippen LogP contribution >= 0.6 is 0 Å². The van der Waals surface area contributed by atoms with Crippen LogP contribution in [0.1, 0.15) is 43.0 Å². The quantitative estimate of drug-likeness (QED) is 0.890. The Labute approximate surface area is 141 Å². The van der Waals surface area contributed by atoms with E-state index in [1.165, 1.54) is 10.5 Å². The fraction of sp³-hybridized carbons (Fsp3) is 0.368. The van der Waals surface area contributed by atoms with E-state index in [4.69, 9.17) is 5.26 Å². The second-order valence-corrected chi connectivity index (χ2v) is 6.14. The fourth-order valence-corrected chi connectivity index (χ4v) is 3.47. The van der Waals surface area contributed by atoms with E-state index in [-0.39, 0.29) is 6.04 Å². The van der Waals surface area contributed by atoms with Gasteiger partial charge in [0.1, 0.15) is 0 Å². The van der Waals surface area contributed by atoms with E-state index in [2.05, 4.69) is 18.0 Å². The molecule has 124 valence electrons. The topological polar surface area (TPSA) is 80.1 Å². The number of nitrogens with zero attached hydrogens (tertiary/aromatic N) is 2. The molecular weight excluding hydrogens is 302 g/mol. The van der Waals surface area contributed by atoms with Crippen molar-refractivity contribution in [3.8, 4) is 6.07 Å². The maximum atomic E-state index is 11.4. The first-order valence-corrected chi connectivity index (χ1v) is 8.36. The number of rotatable bonds is 3. The van der Waals surface area contributed by atoms with E-state index in [0.29, 0.717) is 12.1 Å². The molecule has 0 aliphatic carbocycles. The first-order chi connectivity index (χ1) is 11.6. The van der Waals surface area contributed by atoms with Crippen molar-refractivity contribution >= 4 is 23.1 Å². The van der Waals surface area contributed by atoms with Crippen LogP contribution in [0.15, 0.2) is 24.3 Å². The van der Waals surface area contributed by atoms with E-state index in [9.17, 15) is 9.90 Å². The molecule has 1 aliphatic heterocycles. The zero-order valence-corrected chi connectivity index (χ0v) is 13.7. The number of nitriles is 1. The molecule has 1 aromatic carbocycles. The lowest BCUT2D eigenvalue weighted by molar-refractivity contribution is 0.120. The van der Waals surface area contributed by atoms with Crippen LogP contribution in [-0.4, -0.2) is 33.7 Å². The fourth-order valence-electron chi connectivity index (χ4n) is 3.47. The van der Waals surface area contributed by atoms with Gasteiger partial charge in [-0.15, -0.1) is 0 Å². The smallest absolute Gasteiger partial charge is 0.407 e. The SMILES string of the molecule is CCc1c(C=C[C@@H]2CCCCN2C(=O)O)[nH]c2cc(C#N)ccc12. The Morgan fingerprint density at radius 1 is 1.50 bits per heavy atom. The Kier molecular flexibility index (Phi) is 4.57. The summed E-state index contributed by atoms with van der Waals surface area (Å²) in [5.41, 5.74) is 3.78. The number of hydrogen-bond acceptors (Lipinski definition) is 2. The van der Waals surface area contributed by atoms with Gasteiger partial charge in [-0.25, -0.2) is 4.79 Å². The Morgan fingerprint density at radius 2 is 2.33 bits per heavy atom. The molecule has 1 atom stereocenters. The van der Waals surface area contributed by atoms with Gasteiger partial charge in [0.05, 0.1) is 17.7 Å². The van der Waals surface area contributed by atoms with Crippen molar-refractivity contribution in [2.45, 2.75) is 38.6 Å². The number of benzene rings is 1. The predicted molar refractivity (Wildman–Crippen MR) is 93.8 cm³/mol. The molecule has 24 heavy (non-hydrogen) atoms. The normalized spacial score (nSPS) is 18.2. The van der Waals surface area contributed by atoms with Gasteiger partial charge in [0, 0.05) is 23.1 Å². The van der Waals surface area contributed by atoms with Crippen molar-refractivity contribution in [3.63, 3.8) is 0 Å². The number of aromatic amines is 1. The zero-order chi connectivity index (χ0) is 17.1. The largest absolute Gasteiger partial charge is 0.465 e. The highest BCUT2D eigenvalue weighted by molar-refractivity contribution is 5.88. The molecule has 1 fully saturated rings. The Balaban J connectivity index is 1.94. The van der Waals surface area contributed by atoms with Gasteiger partial charge in [-0.05, 0) is 49.5 Å². The number of piperidine rings is 1. The second kappa shape index (κ2) is 6.79. The predicted octanol–water partition coefficient (Wildman–Crippen LogP) is 4.15. The molecular formula is C19H21N3O2. The number of fused-ring (bicyclic) bond motifs is 1. The third kappa shape index (κ3) is 3.00. The summed E-state index contributed by atoms with van der Waals surface area (Å²) < 4.78 is 0. The Hall–Kier alpha value is -2.74. The number of hydrogen-bond donors (Lipinski definition) is 2. The van der Waals surface area contributed by atoms with Gasteiger partial charge in [-0.3, -0.25) is 0 Å². The van der Waals surface area contributed by atoms with Crippen LogP contribution in [0.2, 0.25) is 0 Å². The van der Waals surface area contributed by atoms with E-state index in [1.807, 2.05) is 30.4 Å². The molecule has 0 saturated carbocycles. The highest BCUT2D eigenvalue weighted by Crippen LogP contribution is 2.26. The Morgan fingerprint density at radius 3 is 3.04 bits per heavy atom. The van der Waals surface area contributed by atoms with Crippen molar-refractivity contribution in [1.82, 2.24) is 9.88 Å². The molecule has 0 bridgehead atoms. The third-order valence-electron chi connectivity index (χ3n) is 4.70. The van der Waals surface area contributed by atoms with Crippen LogP contribution in [0.25, 0.3) is 17.0 Å². The third-order valence-corrected chi connectivity index (χ3v) is 4.70. The summed E-state index contributed by atoms with van der Waals surface area (Å²) in [6.45, 7) is 2.70. The Bertz CT molecular complexity index is 829. The van der Waals surface area contributed by atoms with Gasteiger partial charge in [0.15, 0.2) is 0 Å². The molecule has 1 aliphatic rings. The van der Waals surface area contributed by atoms with E-state index >= 15 is 0 Å². The first-order valence-electron chi connectivity index (χ1n) is 8.36. The maximum Gasteiger partial charge on any atom is 0.407 e. The number of carbonyl (C=O) groups is 1. The minimum atomic E-state index is -0.852. The van der Waals surface area contributed by atoms with Crippen LogP contribution in [0, 0.1) is 11.3 Å². The van der Waals surface area contributed by atoms with Crippen molar-refractivity contribution < 1.29 is 9.90 Å². The molecule has 2 heterocycles. The second-order valence-electron chi connectivity index (χ2n) is 6.14. The lowest BCUT2D eigenvalue weighted by atomic mass is 10.0. The van der Waals surface area contributed by atoms with Crippen molar-refractivity contribution in [2.75, 3.05) is 6.54 Å². The summed E-state index contributed by atoms with van der Waals surface area (Å²) in [5, 5.41) is 19.5. The minimum Gasteiger partial charge on any atom is -0.465 e. The number of aromatic nitrogens is 1. The molecule has 2 N–H and O–H groups in total. The van der Waals surface area contributed by atoms with Crippen LogP contribution in [0.5, 0.6) is 0 Å². The molecule has 1 aromatic heterocycles. The van der Waals surface area contributed by atoms with Crippen LogP contribution in [0.3, 0.4) is 0 Å². The molecule has 0 unspecified atom stereocenters. The van der Waals surface area contributed by atoms with Crippen molar-refractivity contribution in [3.05, 3.63) is 41.1 Å². The average Bonchev–Trinajstić information content (AvgIpc) is 2.96. The molecule has 5 heteroatoms. The molecule has 2 aromatic rings. The molecule has 3 rings (SSSR count).